The van der Waals surface area contributed by atoms with Crippen LogP contribution in [0.3, 0.4) is 0 Å². The summed E-state index contributed by atoms with van der Waals surface area (Å²) in [4.78, 5) is 12.2. The SMILES string of the molecule is CC[C@H](CNC(=O)[C@H](C)Sc1nnc(N)s1)c1ccccc1. The lowest BCUT2D eigenvalue weighted by Gasteiger charge is -2.17. The lowest BCUT2D eigenvalue weighted by molar-refractivity contribution is -0.120. The van der Waals surface area contributed by atoms with Gasteiger partial charge < -0.3 is 11.1 Å². The maximum Gasteiger partial charge on any atom is 0.233 e. The highest BCUT2D eigenvalue weighted by Gasteiger charge is 2.18. The fourth-order valence-electron chi connectivity index (χ4n) is 2.06. The number of thioether (sulfide) groups is 1. The normalized spacial score (nSPS) is 13.5. The third kappa shape index (κ3) is 4.71. The molecule has 0 saturated carbocycles. The lowest BCUT2D eigenvalue weighted by Crippen LogP contribution is -2.34. The first kappa shape index (κ1) is 16.8. The highest BCUT2D eigenvalue weighted by Crippen LogP contribution is 2.27. The van der Waals surface area contributed by atoms with Gasteiger partial charge in [0.1, 0.15) is 0 Å². The first-order valence-corrected chi connectivity index (χ1v) is 8.88. The molecule has 2 rings (SSSR count). The number of carbonyl (C=O) groups excluding carboxylic acids is 1. The van der Waals surface area contributed by atoms with Crippen molar-refractivity contribution in [1.29, 1.82) is 0 Å². The third-order valence-electron chi connectivity index (χ3n) is 3.36. The number of hydrogen-bond acceptors (Lipinski definition) is 6. The maximum absolute atomic E-state index is 12.2. The molecule has 22 heavy (non-hydrogen) atoms. The van der Waals surface area contributed by atoms with E-state index in [1.165, 1.54) is 28.7 Å². The Bertz CT molecular complexity index is 603. The highest BCUT2D eigenvalue weighted by molar-refractivity contribution is 8.02. The van der Waals surface area contributed by atoms with E-state index in [9.17, 15) is 4.79 Å². The molecule has 2 aromatic rings. The van der Waals surface area contributed by atoms with E-state index in [1.54, 1.807) is 0 Å². The molecule has 0 fully saturated rings. The van der Waals surface area contributed by atoms with E-state index in [4.69, 9.17) is 5.73 Å². The minimum Gasteiger partial charge on any atom is -0.374 e. The van der Waals surface area contributed by atoms with Crippen molar-refractivity contribution >= 4 is 34.1 Å². The number of benzene rings is 1. The van der Waals surface area contributed by atoms with Crippen molar-refractivity contribution in [2.45, 2.75) is 35.8 Å². The van der Waals surface area contributed by atoms with Crippen LogP contribution in [-0.4, -0.2) is 27.9 Å². The zero-order valence-electron chi connectivity index (χ0n) is 12.7. The molecule has 1 heterocycles. The predicted molar refractivity (Wildman–Crippen MR) is 92.1 cm³/mol. The Morgan fingerprint density at radius 2 is 2.09 bits per heavy atom. The number of aromatic nitrogens is 2. The van der Waals surface area contributed by atoms with Crippen molar-refractivity contribution in [3.63, 3.8) is 0 Å². The lowest BCUT2D eigenvalue weighted by atomic mass is 9.96. The minimum absolute atomic E-state index is 0.00755. The number of carbonyl (C=O) groups is 1. The predicted octanol–water partition coefficient (Wildman–Crippen LogP) is 2.91. The van der Waals surface area contributed by atoms with Gasteiger partial charge in [0.15, 0.2) is 4.34 Å². The van der Waals surface area contributed by atoms with Gasteiger partial charge in [-0.3, -0.25) is 4.79 Å². The summed E-state index contributed by atoms with van der Waals surface area (Å²) in [6.45, 7) is 4.63. The zero-order valence-corrected chi connectivity index (χ0v) is 14.3. The van der Waals surface area contributed by atoms with Crippen LogP contribution in [0.15, 0.2) is 34.7 Å². The Hall–Kier alpha value is -1.60. The number of nitrogen functional groups attached to an aromatic ring is 1. The summed E-state index contributed by atoms with van der Waals surface area (Å²) in [6, 6.07) is 10.3. The summed E-state index contributed by atoms with van der Waals surface area (Å²) in [5.41, 5.74) is 6.79. The van der Waals surface area contributed by atoms with Gasteiger partial charge in [0, 0.05) is 12.5 Å². The number of nitrogens with one attached hydrogen (secondary N) is 1. The molecule has 118 valence electrons. The van der Waals surface area contributed by atoms with Crippen LogP contribution < -0.4 is 11.1 Å². The van der Waals surface area contributed by atoms with Gasteiger partial charge in [0.2, 0.25) is 11.0 Å². The molecule has 0 unspecified atom stereocenters. The average molecular weight is 336 g/mol. The van der Waals surface area contributed by atoms with E-state index < -0.39 is 0 Å². The van der Waals surface area contributed by atoms with Crippen molar-refractivity contribution in [2.75, 3.05) is 12.3 Å². The molecule has 0 bridgehead atoms. The Morgan fingerprint density at radius 1 is 1.36 bits per heavy atom. The van der Waals surface area contributed by atoms with Gasteiger partial charge in [-0.2, -0.15) is 0 Å². The van der Waals surface area contributed by atoms with Crippen molar-refractivity contribution in [1.82, 2.24) is 15.5 Å². The summed E-state index contributed by atoms with van der Waals surface area (Å²) < 4.78 is 0.718. The quantitative estimate of drug-likeness (QED) is 0.760. The first-order valence-electron chi connectivity index (χ1n) is 7.18. The van der Waals surface area contributed by atoms with E-state index in [-0.39, 0.29) is 11.2 Å². The fraction of sp³-hybridized carbons (Fsp3) is 0.400. The molecule has 0 aliphatic heterocycles. The molecular formula is C15H20N4OS2. The van der Waals surface area contributed by atoms with Gasteiger partial charge >= 0.3 is 0 Å². The topological polar surface area (TPSA) is 80.9 Å². The maximum atomic E-state index is 12.2. The molecule has 7 heteroatoms. The van der Waals surface area contributed by atoms with Crippen LogP contribution in [0.4, 0.5) is 5.13 Å². The van der Waals surface area contributed by atoms with Gasteiger partial charge in [0.05, 0.1) is 5.25 Å². The zero-order chi connectivity index (χ0) is 15.9. The molecule has 3 N–H and O–H groups in total. The molecule has 1 aromatic heterocycles. The fourth-order valence-corrected chi connectivity index (χ4v) is 3.87. The van der Waals surface area contributed by atoms with Crippen LogP contribution >= 0.6 is 23.1 Å². The number of hydrogen-bond donors (Lipinski definition) is 2. The van der Waals surface area contributed by atoms with Crippen LogP contribution in [-0.2, 0) is 4.79 Å². The van der Waals surface area contributed by atoms with Gasteiger partial charge in [-0.1, -0.05) is 60.4 Å². The number of nitrogens with zero attached hydrogens (tertiary/aromatic N) is 2. The summed E-state index contributed by atoms with van der Waals surface area (Å²) in [5.74, 6) is 0.340. The molecular weight excluding hydrogens is 316 g/mol. The Kier molecular flexibility index (Phi) is 6.21. The Morgan fingerprint density at radius 3 is 2.68 bits per heavy atom. The summed E-state index contributed by atoms with van der Waals surface area (Å²) in [5, 5.41) is 10.9. The van der Waals surface area contributed by atoms with E-state index in [2.05, 4.69) is 34.6 Å². The summed E-state index contributed by atoms with van der Waals surface area (Å²) in [6.07, 6.45) is 0.985. The number of nitrogens with two attached hydrogens (primary N) is 1. The Balaban J connectivity index is 1.85. The molecule has 0 aliphatic rings. The summed E-state index contributed by atoms with van der Waals surface area (Å²) >= 11 is 2.68. The van der Waals surface area contributed by atoms with Crippen molar-refractivity contribution in [3.05, 3.63) is 35.9 Å². The second kappa shape index (κ2) is 8.14. The standard InChI is InChI=1S/C15H20N4OS2/c1-3-11(12-7-5-4-6-8-12)9-17-13(20)10(2)21-15-19-18-14(16)22-15/h4-8,10-11H,3,9H2,1-2H3,(H2,16,18)(H,17,20)/t10-,11+/m0/s1. The second-order valence-corrected chi connectivity index (χ2v) is 7.52. The molecule has 0 saturated heterocycles. The van der Waals surface area contributed by atoms with E-state index in [0.29, 0.717) is 17.6 Å². The van der Waals surface area contributed by atoms with E-state index in [0.717, 1.165) is 10.8 Å². The number of amides is 1. The Labute approximate surface area is 138 Å². The number of rotatable bonds is 7. The van der Waals surface area contributed by atoms with Crippen molar-refractivity contribution in [3.8, 4) is 0 Å². The van der Waals surface area contributed by atoms with Crippen LogP contribution in [0.1, 0.15) is 31.7 Å². The number of anilines is 1. The average Bonchev–Trinajstić information content (AvgIpc) is 2.93. The van der Waals surface area contributed by atoms with Crippen molar-refractivity contribution < 1.29 is 4.79 Å². The molecule has 0 spiro atoms. The van der Waals surface area contributed by atoms with E-state index >= 15 is 0 Å². The van der Waals surface area contributed by atoms with Crippen LogP contribution in [0.2, 0.25) is 0 Å². The molecule has 0 aliphatic carbocycles. The van der Waals surface area contributed by atoms with Gasteiger partial charge in [-0.25, -0.2) is 0 Å². The molecule has 1 aromatic carbocycles. The van der Waals surface area contributed by atoms with Gasteiger partial charge in [0.25, 0.3) is 0 Å². The molecule has 1 amide bonds. The summed E-state index contributed by atoms with van der Waals surface area (Å²) in [7, 11) is 0. The smallest absolute Gasteiger partial charge is 0.233 e. The molecule has 0 radical (unpaired) electrons. The van der Waals surface area contributed by atoms with Crippen molar-refractivity contribution in [2.24, 2.45) is 0 Å². The first-order chi connectivity index (χ1) is 10.6. The monoisotopic (exact) mass is 336 g/mol. The van der Waals surface area contributed by atoms with Crippen LogP contribution in [0, 0.1) is 0 Å². The van der Waals surface area contributed by atoms with Gasteiger partial charge in [-0.15, -0.1) is 10.2 Å². The van der Waals surface area contributed by atoms with Gasteiger partial charge in [-0.05, 0) is 18.9 Å². The van der Waals surface area contributed by atoms with Crippen LogP contribution in [0.25, 0.3) is 0 Å². The highest BCUT2D eigenvalue weighted by atomic mass is 32.2. The minimum atomic E-state index is -0.222. The largest absolute Gasteiger partial charge is 0.374 e. The van der Waals surface area contributed by atoms with Crippen LogP contribution in [0.5, 0.6) is 0 Å². The second-order valence-electron chi connectivity index (χ2n) is 4.93. The molecule has 2 atom stereocenters. The third-order valence-corrected chi connectivity index (χ3v) is 5.29. The molecule has 5 nitrogen and oxygen atoms in total. The van der Waals surface area contributed by atoms with E-state index in [1.807, 2.05) is 25.1 Å².